The van der Waals surface area contributed by atoms with Gasteiger partial charge in [-0.15, -0.1) is 0 Å². The molecular formula is C15H15FO2. The molecule has 0 aliphatic heterocycles. The van der Waals surface area contributed by atoms with Crippen molar-refractivity contribution in [1.29, 1.82) is 0 Å². The van der Waals surface area contributed by atoms with Crippen LogP contribution in [0, 0.1) is 12.7 Å². The molecule has 0 saturated carbocycles. The van der Waals surface area contributed by atoms with Gasteiger partial charge in [-0.3, -0.25) is 0 Å². The molecule has 0 radical (unpaired) electrons. The lowest BCUT2D eigenvalue weighted by Gasteiger charge is -2.10. The number of benzene rings is 2. The Bertz CT molecular complexity index is 538. The summed E-state index contributed by atoms with van der Waals surface area (Å²) < 4.78 is 23.8. The Kier molecular flexibility index (Phi) is 3.82. The van der Waals surface area contributed by atoms with Gasteiger partial charge >= 0.3 is 0 Å². The van der Waals surface area contributed by atoms with E-state index in [-0.39, 0.29) is 5.82 Å². The Labute approximate surface area is 106 Å². The Morgan fingerprint density at radius 2 is 1.94 bits per heavy atom. The predicted molar refractivity (Wildman–Crippen MR) is 68.5 cm³/mol. The highest BCUT2D eigenvalue weighted by atomic mass is 19.1. The highest BCUT2D eigenvalue weighted by molar-refractivity contribution is 5.33. The van der Waals surface area contributed by atoms with Gasteiger partial charge in [-0.05, 0) is 36.2 Å². The van der Waals surface area contributed by atoms with Crippen molar-refractivity contribution in [1.82, 2.24) is 0 Å². The van der Waals surface area contributed by atoms with E-state index in [1.807, 2.05) is 31.2 Å². The summed E-state index contributed by atoms with van der Waals surface area (Å²) in [4.78, 5) is 0. The lowest BCUT2D eigenvalue weighted by atomic mass is 10.2. The molecule has 0 unspecified atom stereocenters. The van der Waals surface area contributed by atoms with E-state index in [4.69, 9.17) is 9.47 Å². The van der Waals surface area contributed by atoms with Crippen molar-refractivity contribution in [2.45, 2.75) is 13.5 Å². The normalized spacial score (nSPS) is 10.2. The molecule has 0 atom stereocenters. The molecule has 0 aromatic heterocycles. The van der Waals surface area contributed by atoms with E-state index in [0.717, 1.165) is 16.9 Å². The summed E-state index contributed by atoms with van der Waals surface area (Å²) >= 11 is 0. The fourth-order valence-electron chi connectivity index (χ4n) is 1.65. The maximum Gasteiger partial charge on any atom is 0.126 e. The molecule has 94 valence electrons. The van der Waals surface area contributed by atoms with Crippen LogP contribution < -0.4 is 9.47 Å². The molecule has 0 heterocycles. The zero-order chi connectivity index (χ0) is 13.0. The van der Waals surface area contributed by atoms with Crippen molar-refractivity contribution in [2.24, 2.45) is 0 Å². The van der Waals surface area contributed by atoms with Gasteiger partial charge in [0.2, 0.25) is 0 Å². The Balaban J connectivity index is 2.08. The molecule has 2 aromatic carbocycles. The number of halogens is 1. The smallest absolute Gasteiger partial charge is 0.126 e. The molecule has 0 aliphatic carbocycles. The molecule has 2 aromatic rings. The van der Waals surface area contributed by atoms with Crippen molar-refractivity contribution in [3.63, 3.8) is 0 Å². The van der Waals surface area contributed by atoms with Crippen LogP contribution in [0.1, 0.15) is 11.1 Å². The van der Waals surface area contributed by atoms with Gasteiger partial charge in [0.05, 0.1) is 7.11 Å². The molecule has 0 fully saturated rings. The van der Waals surface area contributed by atoms with Crippen LogP contribution in [-0.4, -0.2) is 7.11 Å². The topological polar surface area (TPSA) is 18.5 Å². The van der Waals surface area contributed by atoms with Gasteiger partial charge in [0.25, 0.3) is 0 Å². The third-order valence-electron chi connectivity index (χ3n) is 2.68. The molecule has 0 bridgehead atoms. The molecule has 2 rings (SSSR count). The van der Waals surface area contributed by atoms with Crippen molar-refractivity contribution in [3.05, 3.63) is 59.4 Å². The number of methoxy groups -OCH3 is 1. The lowest BCUT2D eigenvalue weighted by Crippen LogP contribution is -1.98. The molecular weight excluding hydrogens is 231 g/mol. The minimum atomic E-state index is -0.291. The van der Waals surface area contributed by atoms with Crippen LogP contribution in [0.5, 0.6) is 11.5 Å². The molecule has 0 saturated heterocycles. The first-order valence-electron chi connectivity index (χ1n) is 5.71. The van der Waals surface area contributed by atoms with E-state index < -0.39 is 0 Å². The summed E-state index contributed by atoms with van der Waals surface area (Å²) in [5.41, 5.74) is 1.90. The molecule has 3 heteroatoms. The number of hydrogen-bond acceptors (Lipinski definition) is 2. The minimum absolute atomic E-state index is 0.291. The van der Waals surface area contributed by atoms with Crippen LogP contribution in [0.15, 0.2) is 42.5 Å². The average Bonchev–Trinajstić information content (AvgIpc) is 2.40. The number of rotatable bonds is 4. The van der Waals surface area contributed by atoms with Gasteiger partial charge in [0.15, 0.2) is 0 Å². The highest BCUT2D eigenvalue weighted by Crippen LogP contribution is 2.21. The maximum absolute atomic E-state index is 13.1. The first-order chi connectivity index (χ1) is 8.69. The summed E-state index contributed by atoms with van der Waals surface area (Å²) in [6, 6.07) is 12.1. The summed E-state index contributed by atoms with van der Waals surface area (Å²) in [5.74, 6) is 1.06. The van der Waals surface area contributed by atoms with Gasteiger partial charge in [0, 0.05) is 6.07 Å². The summed E-state index contributed by atoms with van der Waals surface area (Å²) in [5, 5.41) is 0. The first kappa shape index (κ1) is 12.4. The van der Waals surface area contributed by atoms with E-state index >= 15 is 0 Å². The van der Waals surface area contributed by atoms with Crippen LogP contribution in [0.25, 0.3) is 0 Å². The number of ether oxygens (including phenoxy) is 2. The molecule has 0 amide bonds. The molecule has 0 spiro atoms. The largest absolute Gasteiger partial charge is 0.497 e. The maximum atomic E-state index is 13.1. The fourth-order valence-corrected chi connectivity index (χ4v) is 1.65. The lowest BCUT2D eigenvalue weighted by molar-refractivity contribution is 0.301. The number of hydrogen-bond donors (Lipinski definition) is 0. The second kappa shape index (κ2) is 5.54. The van der Waals surface area contributed by atoms with E-state index in [2.05, 4.69) is 0 Å². The van der Waals surface area contributed by atoms with Gasteiger partial charge in [-0.2, -0.15) is 0 Å². The number of aryl methyl sites for hydroxylation is 1. The van der Waals surface area contributed by atoms with Gasteiger partial charge < -0.3 is 9.47 Å². The van der Waals surface area contributed by atoms with Crippen molar-refractivity contribution in [2.75, 3.05) is 7.11 Å². The van der Waals surface area contributed by atoms with Crippen LogP contribution in [0.4, 0.5) is 4.39 Å². The van der Waals surface area contributed by atoms with Crippen LogP contribution in [0.3, 0.4) is 0 Å². The van der Waals surface area contributed by atoms with Gasteiger partial charge in [-0.1, -0.05) is 18.2 Å². The van der Waals surface area contributed by atoms with Crippen LogP contribution in [0.2, 0.25) is 0 Å². The van der Waals surface area contributed by atoms with Crippen molar-refractivity contribution < 1.29 is 13.9 Å². The summed E-state index contributed by atoms with van der Waals surface area (Å²) in [7, 11) is 1.62. The Morgan fingerprint density at radius 1 is 1.11 bits per heavy atom. The summed E-state index contributed by atoms with van der Waals surface area (Å²) in [6.45, 7) is 2.28. The van der Waals surface area contributed by atoms with E-state index in [1.165, 1.54) is 12.1 Å². The van der Waals surface area contributed by atoms with Crippen molar-refractivity contribution >= 4 is 0 Å². The zero-order valence-corrected chi connectivity index (χ0v) is 10.4. The SMILES string of the molecule is COc1cccc(COc2cc(F)ccc2C)c1. The molecule has 18 heavy (non-hydrogen) atoms. The quantitative estimate of drug-likeness (QED) is 0.818. The monoisotopic (exact) mass is 246 g/mol. The van der Waals surface area contributed by atoms with Crippen LogP contribution in [-0.2, 0) is 6.61 Å². The highest BCUT2D eigenvalue weighted by Gasteiger charge is 2.02. The van der Waals surface area contributed by atoms with Gasteiger partial charge in [0.1, 0.15) is 23.9 Å². The average molecular weight is 246 g/mol. The Morgan fingerprint density at radius 3 is 2.72 bits per heavy atom. The second-order valence-corrected chi connectivity index (χ2v) is 4.05. The fraction of sp³-hybridized carbons (Fsp3) is 0.200. The first-order valence-corrected chi connectivity index (χ1v) is 5.71. The summed E-state index contributed by atoms with van der Waals surface area (Å²) in [6.07, 6.45) is 0. The van der Waals surface area contributed by atoms with Crippen LogP contribution >= 0.6 is 0 Å². The predicted octanol–water partition coefficient (Wildman–Crippen LogP) is 3.72. The van der Waals surface area contributed by atoms with E-state index in [0.29, 0.717) is 12.4 Å². The molecule has 2 nitrogen and oxygen atoms in total. The van der Waals surface area contributed by atoms with Crippen molar-refractivity contribution in [3.8, 4) is 11.5 Å². The molecule has 0 N–H and O–H groups in total. The standard InChI is InChI=1S/C15H15FO2/c1-11-6-7-13(16)9-15(11)18-10-12-4-3-5-14(8-12)17-2/h3-9H,10H2,1-2H3. The van der Waals surface area contributed by atoms with Gasteiger partial charge in [-0.25, -0.2) is 4.39 Å². The third-order valence-corrected chi connectivity index (χ3v) is 2.68. The minimum Gasteiger partial charge on any atom is -0.497 e. The third kappa shape index (κ3) is 3.00. The van der Waals surface area contributed by atoms with E-state index in [9.17, 15) is 4.39 Å². The molecule has 0 aliphatic rings. The van der Waals surface area contributed by atoms with E-state index in [1.54, 1.807) is 13.2 Å². The second-order valence-electron chi connectivity index (χ2n) is 4.05. The zero-order valence-electron chi connectivity index (χ0n) is 10.4. The Hall–Kier alpha value is -2.03.